The van der Waals surface area contributed by atoms with Crippen molar-refractivity contribution in [2.24, 2.45) is 0 Å². The predicted molar refractivity (Wildman–Crippen MR) is 78.2 cm³/mol. The highest BCUT2D eigenvalue weighted by Crippen LogP contribution is 2.19. The molecule has 0 aromatic carbocycles. The Bertz CT molecular complexity index is 297. The number of amides is 1. The van der Waals surface area contributed by atoms with E-state index in [0.717, 1.165) is 25.8 Å². The minimum atomic E-state index is -0.440. The Morgan fingerprint density at radius 3 is 2.53 bits per heavy atom. The first-order chi connectivity index (χ1) is 8.92. The number of carbonyl (C=O) groups excluding carboxylic acids is 1. The molecule has 1 aliphatic carbocycles. The molecule has 0 aliphatic heterocycles. The first-order valence-corrected chi connectivity index (χ1v) is 7.26. The van der Waals surface area contributed by atoms with Crippen LogP contribution in [0, 0.1) is 0 Å². The summed E-state index contributed by atoms with van der Waals surface area (Å²) in [5.74, 6) is 0. The van der Waals surface area contributed by atoms with Crippen LogP contribution in [0.3, 0.4) is 0 Å². The van der Waals surface area contributed by atoms with Crippen LogP contribution in [0.5, 0.6) is 0 Å². The lowest BCUT2D eigenvalue weighted by Gasteiger charge is -2.33. The molecule has 0 spiro atoms. The van der Waals surface area contributed by atoms with Crippen LogP contribution < -0.4 is 10.6 Å². The van der Waals surface area contributed by atoms with Crippen LogP contribution in [0.25, 0.3) is 0 Å². The summed E-state index contributed by atoms with van der Waals surface area (Å²) in [6, 6.07) is 0.523. The number of alkyl carbamates (subject to hydrolysis) is 1. The van der Waals surface area contributed by atoms with E-state index in [-0.39, 0.29) is 12.1 Å². The van der Waals surface area contributed by atoms with Gasteiger partial charge in [-0.1, -0.05) is 18.9 Å². The second-order valence-corrected chi connectivity index (χ2v) is 6.18. The quantitative estimate of drug-likeness (QED) is 0.595. The molecule has 1 fully saturated rings. The van der Waals surface area contributed by atoms with E-state index in [1.54, 1.807) is 0 Å². The maximum absolute atomic E-state index is 11.8. The van der Waals surface area contributed by atoms with Crippen LogP contribution in [-0.4, -0.2) is 30.3 Å². The summed E-state index contributed by atoms with van der Waals surface area (Å²) in [6.07, 6.45) is 7.07. The molecule has 110 valence electrons. The molecule has 2 atom stereocenters. The van der Waals surface area contributed by atoms with Gasteiger partial charge in [0.25, 0.3) is 0 Å². The maximum Gasteiger partial charge on any atom is 0.407 e. The number of carbonyl (C=O) groups is 1. The van der Waals surface area contributed by atoms with Gasteiger partial charge in [0, 0.05) is 12.1 Å². The van der Waals surface area contributed by atoms with E-state index in [9.17, 15) is 4.79 Å². The van der Waals surface area contributed by atoms with Crippen molar-refractivity contribution in [3.63, 3.8) is 0 Å². The Labute approximate surface area is 117 Å². The number of ether oxygens (including phenoxy) is 1. The fourth-order valence-electron chi connectivity index (χ4n) is 2.38. The standard InChI is InChI=1S/C15H28N2O2/c1-5-6-11-16-12-9-7-8-10-13(12)17-14(18)19-15(2,3)4/h5,12-13,16H,1,6-11H2,2-4H3,(H,17,18)/t12-,13-/m1/s1. The summed E-state index contributed by atoms with van der Waals surface area (Å²) < 4.78 is 5.32. The third-order valence-corrected chi connectivity index (χ3v) is 3.22. The van der Waals surface area contributed by atoms with Gasteiger partial charge in [-0.25, -0.2) is 4.79 Å². The first-order valence-electron chi connectivity index (χ1n) is 7.26. The van der Waals surface area contributed by atoms with Crippen molar-refractivity contribution in [1.29, 1.82) is 0 Å². The van der Waals surface area contributed by atoms with Crippen molar-refractivity contribution >= 4 is 6.09 Å². The fraction of sp³-hybridized carbons (Fsp3) is 0.800. The van der Waals surface area contributed by atoms with Crippen molar-refractivity contribution in [2.75, 3.05) is 6.54 Å². The summed E-state index contributed by atoms with van der Waals surface area (Å²) >= 11 is 0. The second kappa shape index (κ2) is 7.53. The van der Waals surface area contributed by atoms with Gasteiger partial charge in [0.1, 0.15) is 5.60 Å². The molecular weight excluding hydrogens is 240 g/mol. The average Bonchev–Trinajstić information content (AvgIpc) is 2.29. The van der Waals surface area contributed by atoms with Crippen LogP contribution in [0.1, 0.15) is 52.9 Å². The molecule has 0 bridgehead atoms. The lowest BCUT2D eigenvalue weighted by Crippen LogP contribution is -2.52. The van der Waals surface area contributed by atoms with E-state index < -0.39 is 5.60 Å². The van der Waals surface area contributed by atoms with Crippen molar-refractivity contribution in [3.05, 3.63) is 12.7 Å². The van der Waals surface area contributed by atoms with E-state index in [1.807, 2.05) is 26.8 Å². The molecule has 0 unspecified atom stereocenters. The Morgan fingerprint density at radius 2 is 1.95 bits per heavy atom. The number of nitrogens with one attached hydrogen (secondary N) is 2. The first kappa shape index (κ1) is 16.0. The van der Waals surface area contributed by atoms with Gasteiger partial charge >= 0.3 is 6.09 Å². The molecule has 0 saturated heterocycles. The molecular formula is C15H28N2O2. The Balaban J connectivity index is 2.43. The SMILES string of the molecule is C=CCCN[C@@H]1CCCC[C@H]1NC(=O)OC(C)(C)C. The molecule has 1 saturated carbocycles. The maximum atomic E-state index is 11.8. The molecule has 0 aromatic heterocycles. The fourth-order valence-corrected chi connectivity index (χ4v) is 2.38. The van der Waals surface area contributed by atoms with Gasteiger partial charge < -0.3 is 15.4 Å². The van der Waals surface area contributed by atoms with Gasteiger partial charge in [0.05, 0.1) is 0 Å². The van der Waals surface area contributed by atoms with Crippen LogP contribution >= 0.6 is 0 Å². The molecule has 4 nitrogen and oxygen atoms in total. The predicted octanol–water partition coefficient (Wildman–Crippen LogP) is 2.99. The van der Waals surface area contributed by atoms with Crippen LogP contribution in [0.4, 0.5) is 4.79 Å². The summed E-state index contributed by atoms with van der Waals surface area (Å²) in [5.41, 5.74) is -0.440. The van der Waals surface area contributed by atoms with Crippen molar-refractivity contribution in [1.82, 2.24) is 10.6 Å². The minimum absolute atomic E-state index is 0.174. The average molecular weight is 268 g/mol. The zero-order valence-electron chi connectivity index (χ0n) is 12.5. The third kappa shape index (κ3) is 6.62. The summed E-state index contributed by atoms with van der Waals surface area (Å²) in [6.45, 7) is 10.3. The van der Waals surface area contributed by atoms with Gasteiger partial charge in [0.2, 0.25) is 0 Å². The van der Waals surface area contributed by atoms with E-state index in [0.29, 0.717) is 6.04 Å². The molecule has 0 heterocycles. The highest BCUT2D eigenvalue weighted by molar-refractivity contribution is 5.68. The lowest BCUT2D eigenvalue weighted by molar-refractivity contribution is 0.0479. The van der Waals surface area contributed by atoms with Crippen molar-refractivity contribution in [2.45, 2.75) is 70.6 Å². The van der Waals surface area contributed by atoms with Crippen LogP contribution in [0.15, 0.2) is 12.7 Å². The molecule has 1 rings (SSSR count). The van der Waals surface area contributed by atoms with Crippen molar-refractivity contribution in [3.8, 4) is 0 Å². The molecule has 1 amide bonds. The minimum Gasteiger partial charge on any atom is -0.444 e. The molecule has 0 aromatic rings. The topological polar surface area (TPSA) is 50.4 Å². The highest BCUT2D eigenvalue weighted by Gasteiger charge is 2.27. The number of hydrogen-bond donors (Lipinski definition) is 2. The molecule has 0 radical (unpaired) electrons. The van der Waals surface area contributed by atoms with E-state index >= 15 is 0 Å². The van der Waals surface area contributed by atoms with E-state index in [4.69, 9.17) is 4.74 Å². The van der Waals surface area contributed by atoms with Gasteiger partial charge in [-0.2, -0.15) is 0 Å². The largest absolute Gasteiger partial charge is 0.444 e. The van der Waals surface area contributed by atoms with Crippen LogP contribution in [0.2, 0.25) is 0 Å². The molecule has 1 aliphatic rings. The summed E-state index contributed by atoms with van der Waals surface area (Å²) in [4.78, 5) is 11.8. The van der Waals surface area contributed by atoms with E-state index in [2.05, 4.69) is 17.2 Å². The van der Waals surface area contributed by atoms with Crippen LogP contribution in [-0.2, 0) is 4.74 Å². The zero-order valence-corrected chi connectivity index (χ0v) is 12.5. The number of rotatable bonds is 5. The van der Waals surface area contributed by atoms with Gasteiger partial charge in [-0.15, -0.1) is 6.58 Å². The van der Waals surface area contributed by atoms with Gasteiger partial charge in [-0.3, -0.25) is 0 Å². The zero-order chi connectivity index (χ0) is 14.3. The monoisotopic (exact) mass is 268 g/mol. The molecule has 2 N–H and O–H groups in total. The summed E-state index contributed by atoms with van der Waals surface area (Å²) in [7, 11) is 0. The smallest absolute Gasteiger partial charge is 0.407 e. The lowest BCUT2D eigenvalue weighted by atomic mass is 9.90. The number of hydrogen-bond acceptors (Lipinski definition) is 3. The Morgan fingerprint density at radius 1 is 1.32 bits per heavy atom. The normalized spacial score (nSPS) is 23.7. The molecule has 19 heavy (non-hydrogen) atoms. The van der Waals surface area contributed by atoms with Gasteiger partial charge in [0.15, 0.2) is 0 Å². The van der Waals surface area contributed by atoms with E-state index in [1.165, 1.54) is 12.8 Å². The Kier molecular flexibility index (Phi) is 6.35. The Hall–Kier alpha value is -1.03. The molecule has 4 heteroatoms. The second-order valence-electron chi connectivity index (χ2n) is 6.18. The van der Waals surface area contributed by atoms with Gasteiger partial charge in [-0.05, 0) is 46.6 Å². The highest BCUT2D eigenvalue weighted by atomic mass is 16.6. The third-order valence-electron chi connectivity index (χ3n) is 3.22. The van der Waals surface area contributed by atoms with Crippen molar-refractivity contribution < 1.29 is 9.53 Å². The summed E-state index contributed by atoms with van der Waals surface area (Å²) in [5, 5.41) is 6.50.